The van der Waals surface area contributed by atoms with Crippen LogP contribution in [0.3, 0.4) is 0 Å². The Morgan fingerprint density at radius 2 is 1.79 bits per heavy atom. The number of carbonyl (C=O) groups is 2. The largest absolute Gasteiger partial charge is 0.489 e. The molecule has 1 N–H and O–H groups in total. The molecule has 5 rings (SSSR count). The van der Waals surface area contributed by atoms with Gasteiger partial charge in [0.1, 0.15) is 16.1 Å². The maximum atomic E-state index is 13.6. The Kier molecular flexibility index (Phi) is 10.1. The van der Waals surface area contributed by atoms with E-state index in [9.17, 15) is 18.4 Å². The van der Waals surface area contributed by atoms with Crippen LogP contribution in [0.1, 0.15) is 35.6 Å². The van der Waals surface area contributed by atoms with Crippen LogP contribution in [0.5, 0.6) is 11.5 Å². The lowest BCUT2D eigenvalue weighted by molar-refractivity contribution is -0.377. The van der Waals surface area contributed by atoms with Crippen LogP contribution < -0.4 is 14.5 Å². The summed E-state index contributed by atoms with van der Waals surface area (Å²) in [6, 6.07) is 13.8. The van der Waals surface area contributed by atoms with Crippen LogP contribution >= 0.6 is 35.0 Å². The lowest BCUT2D eigenvalue weighted by Gasteiger charge is -2.26. The molecule has 12 heteroatoms. The van der Waals surface area contributed by atoms with Crippen molar-refractivity contribution in [3.8, 4) is 11.5 Å². The van der Waals surface area contributed by atoms with Gasteiger partial charge in [0.2, 0.25) is 5.91 Å². The molecule has 7 nitrogen and oxygen atoms in total. The van der Waals surface area contributed by atoms with Crippen molar-refractivity contribution >= 4 is 46.8 Å². The van der Waals surface area contributed by atoms with E-state index in [1.807, 2.05) is 30.3 Å². The highest BCUT2D eigenvalue weighted by Gasteiger charge is 2.37. The average Bonchev–Trinajstić information content (AvgIpc) is 3.66. The van der Waals surface area contributed by atoms with E-state index in [4.69, 9.17) is 32.7 Å². The van der Waals surface area contributed by atoms with Crippen molar-refractivity contribution < 1.29 is 37.6 Å². The first-order valence-corrected chi connectivity index (χ1v) is 15.3. The Morgan fingerprint density at radius 3 is 2.48 bits per heavy atom. The molecule has 2 aliphatic rings. The first-order valence-electron chi connectivity index (χ1n) is 13.5. The monoisotopic (exact) mass is 637 g/mol. The molecule has 2 fully saturated rings. The van der Waals surface area contributed by atoms with Crippen molar-refractivity contribution in [2.45, 2.75) is 43.8 Å². The van der Waals surface area contributed by atoms with E-state index in [0.29, 0.717) is 46.0 Å². The van der Waals surface area contributed by atoms with E-state index in [1.165, 1.54) is 34.9 Å². The molecular weight excluding hydrogens is 609 g/mol. The fraction of sp³-hybridized carbons (Fsp3) is 0.367. The summed E-state index contributed by atoms with van der Waals surface area (Å²) in [7, 11) is 0. The maximum Gasteiger partial charge on any atom is 0.387 e. The predicted molar refractivity (Wildman–Crippen MR) is 155 cm³/mol. The summed E-state index contributed by atoms with van der Waals surface area (Å²) >= 11 is 14.2. The second-order valence-electron chi connectivity index (χ2n) is 10.1. The molecule has 42 heavy (non-hydrogen) atoms. The zero-order chi connectivity index (χ0) is 29.6. The Bertz CT molecular complexity index is 1390. The van der Waals surface area contributed by atoms with Gasteiger partial charge in [0.05, 0.1) is 13.0 Å². The topological polar surface area (TPSA) is 79.2 Å². The zero-order valence-corrected chi connectivity index (χ0v) is 24.8. The minimum Gasteiger partial charge on any atom is -0.489 e. The minimum atomic E-state index is -3.04. The Morgan fingerprint density at radius 1 is 1.05 bits per heavy atom. The Labute approximate surface area is 256 Å². The highest BCUT2D eigenvalue weighted by atomic mass is 35.5. The molecule has 1 aromatic heterocycles. The fourth-order valence-electron chi connectivity index (χ4n) is 4.60. The molecule has 3 aromatic rings. The first kappa shape index (κ1) is 30.4. The van der Waals surface area contributed by atoms with Crippen LogP contribution in [0.4, 0.5) is 8.78 Å². The minimum absolute atomic E-state index is 0.0878. The molecule has 1 saturated heterocycles. The standard InChI is InChI=1S/C30H28Cl2F2N2O5S/c31-22-15-35-16-23(32)21(22)14-25(20-8-9-24(41-30(33)34)26(13-20)39-17-19-6-7-19)40-29(38)28-36(10-11-42-28)27(37)12-18-4-2-1-3-5-18/h1-5,8-9,13,15-16,19,25,28,30H,6-7,10-12,14,17H2/p+1/t25-,28-/m0/s1. The molecule has 0 spiro atoms. The molecule has 1 aliphatic carbocycles. The van der Waals surface area contributed by atoms with Gasteiger partial charge in [-0.25, -0.2) is 9.78 Å². The van der Waals surface area contributed by atoms with Crippen LogP contribution in [-0.4, -0.2) is 47.7 Å². The number of pyridine rings is 1. The highest BCUT2D eigenvalue weighted by Crippen LogP contribution is 2.38. The van der Waals surface area contributed by atoms with Crippen molar-refractivity contribution in [3.63, 3.8) is 0 Å². The number of rotatable bonds is 12. The first-order chi connectivity index (χ1) is 20.3. The predicted octanol–water partition coefficient (Wildman–Crippen LogP) is 6.17. The molecule has 1 amide bonds. The van der Waals surface area contributed by atoms with Crippen LogP contribution in [0.15, 0.2) is 60.9 Å². The van der Waals surface area contributed by atoms with Gasteiger partial charge < -0.3 is 19.1 Å². The number of hydrogen-bond acceptors (Lipinski definition) is 6. The van der Waals surface area contributed by atoms with Crippen molar-refractivity contribution in [2.24, 2.45) is 5.92 Å². The number of benzene rings is 2. The quantitative estimate of drug-likeness (QED) is 0.221. The number of carbonyl (C=O) groups excluding carboxylic acids is 2. The van der Waals surface area contributed by atoms with Crippen molar-refractivity contribution in [2.75, 3.05) is 18.9 Å². The van der Waals surface area contributed by atoms with Crippen molar-refractivity contribution in [1.29, 1.82) is 0 Å². The van der Waals surface area contributed by atoms with Crippen LogP contribution in [0.2, 0.25) is 10.0 Å². The summed E-state index contributed by atoms with van der Waals surface area (Å²) in [5, 5.41) is -0.173. The number of nitrogens with zero attached hydrogens (tertiary/aromatic N) is 1. The average molecular weight is 639 g/mol. The third-order valence-corrected chi connectivity index (χ3v) is 8.84. The molecule has 2 aromatic carbocycles. The molecule has 2 atom stereocenters. The number of halogens is 4. The van der Waals surface area contributed by atoms with E-state index < -0.39 is 24.1 Å². The van der Waals surface area contributed by atoms with Gasteiger partial charge in [-0.3, -0.25) is 4.79 Å². The van der Waals surface area contributed by atoms with Gasteiger partial charge in [-0.1, -0.05) is 59.6 Å². The SMILES string of the molecule is O=C(O[C@@H](Cc1c(Cl)c[nH+]cc1Cl)c1ccc(OC(F)F)c(OCC2CC2)c1)[C@@H]1SCCN1C(=O)Cc1ccccc1. The summed E-state index contributed by atoms with van der Waals surface area (Å²) in [4.78, 5) is 31.1. The van der Waals surface area contributed by atoms with Crippen molar-refractivity contribution in [3.05, 3.63) is 87.7 Å². The van der Waals surface area contributed by atoms with E-state index in [1.54, 1.807) is 12.4 Å². The van der Waals surface area contributed by atoms with Gasteiger partial charge in [-0.05, 0) is 42.0 Å². The van der Waals surface area contributed by atoms with Gasteiger partial charge in [-0.2, -0.15) is 8.78 Å². The molecule has 0 unspecified atom stereocenters. The summed E-state index contributed by atoms with van der Waals surface area (Å²) < 4.78 is 42.8. The number of amides is 1. The third kappa shape index (κ3) is 7.85. The summed E-state index contributed by atoms with van der Waals surface area (Å²) in [6.45, 7) is -2.27. The second-order valence-corrected chi connectivity index (χ2v) is 12.1. The van der Waals surface area contributed by atoms with E-state index in [0.717, 1.165) is 18.4 Å². The van der Waals surface area contributed by atoms with Gasteiger partial charge in [0, 0.05) is 24.3 Å². The van der Waals surface area contributed by atoms with Crippen molar-refractivity contribution in [1.82, 2.24) is 4.90 Å². The third-order valence-electron chi connectivity index (χ3n) is 6.98. The summed E-state index contributed by atoms with van der Waals surface area (Å²) in [6.07, 6.45) is 4.45. The molecule has 1 saturated carbocycles. The van der Waals surface area contributed by atoms with Gasteiger partial charge >= 0.3 is 12.6 Å². The lowest BCUT2D eigenvalue weighted by atomic mass is 10.0. The number of alkyl halides is 2. The summed E-state index contributed by atoms with van der Waals surface area (Å²) in [5.41, 5.74) is 1.85. The van der Waals surface area contributed by atoms with Gasteiger partial charge in [0.25, 0.3) is 0 Å². The van der Waals surface area contributed by atoms with E-state index in [2.05, 4.69) is 9.72 Å². The number of H-pyrrole nitrogens is 1. The zero-order valence-electron chi connectivity index (χ0n) is 22.4. The summed E-state index contributed by atoms with van der Waals surface area (Å²) in [5.74, 6) is 0.156. The molecule has 0 bridgehead atoms. The number of esters is 1. The van der Waals surface area contributed by atoms with Crippen LogP contribution in [0, 0.1) is 5.92 Å². The molecule has 1 aliphatic heterocycles. The molecular formula is C30H29Cl2F2N2O5S+. The number of nitrogens with one attached hydrogen (secondary N) is 1. The Balaban J connectivity index is 1.41. The van der Waals surface area contributed by atoms with Gasteiger partial charge in [-0.15, -0.1) is 11.8 Å². The normalized spacial score (nSPS) is 17.3. The lowest BCUT2D eigenvalue weighted by Crippen LogP contribution is -2.41. The highest BCUT2D eigenvalue weighted by molar-refractivity contribution is 8.00. The fourth-order valence-corrected chi connectivity index (χ4v) is 6.25. The number of aromatic amines is 1. The number of hydrogen-bond donors (Lipinski definition) is 0. The molecule has 0 radical (unpaired) electrons. The Hall–Kier alpha value is -3.08. The van der Waals surface area contributed by atoms with Crippen LogP contribution in [-0.2, 0) is 27.2 Å². The smallest absolute Gasteiger partial charge is 0.387 e. The molecule has 2 heterocycles. The maximum absolute atomic E-state index is 13.6. The number of aromatic nitrogens is 1. The number of ether oxygens (including phenoxy) is 3. The van der Waals surface area contributed by atoms with E-state index >= 15 is 0 Å². The molecule has 222 valence electrons. The van der Waals surface area contributed by atoms with Crippen LogP contribution in [0.25, 0.3) is 0 Å². The van der Waals surface area contributed by atoms with Gasteiger partial charge in [0.15, 0.2) is 29.3 Å². The second kappa shape index (κ2) is 13.9. The number of thioether (sulfide) groups is 1. The van der Waals surface area contributed by atoms with E-state index in [-0.39, 0.29) is 30.2 Å².